The molecular weight excluding hydrogens is 369 g/mol. The molecule has 2 aromatic carbocycles. The van der Waals surface area contributed by atoms with Crippen LogP contribution in [0.25, 0.3) is 0 Å². The summed E-state index contributed by atoms with van der Waals surface area (Å²) in [5, 5.41) is 1.99. The summed E-state index contributed by atoms with van der Waals surface area (Å²) in [5.41, 5.74) is 0.423. The zero-order valence-electron chi connectivity index (χ0n) is 13.6. The lowest BCUT2D eigenvalue weighted by Gasteiger charge is -2.09. The third-order valence-electron chi connectivity index (χ3n) is 3.48. The predicted molar refractivity (Wildman–Crippen MR) is 91.5 cm³/mol. The van der Waals surface area contributed by atoms with Crippen molar-refractivity contribution in [3.8, 4) is 0 Å². The number of amides is 1. The Kier molecular flexibility index (Phi) is 6.76. The van der Waals surface area contributed by atoms with Crippen molar-refractivity contribution in [1.82, 2.24) is 4.72 Å². The number of hydrogen-bond acceptors (Lipinski definition) is 3. The fraction of sp³-hybridized carbons (Fsp3) is 0.235. The summed E-state index contributed by atoms with van der Waals surface area (Å²) < 4.78 is 65.2. The van der Waals surface area contributed by atoms with Gasteiger partial charge in [-0.2, -0.15) is 0 Å². The molecule has 2 rings (SSSR count). The van der Waals surface area contributed by atoms with E-state index in [1.807, 2.05) is 35.6 Å². The molecule has 2 N–H and O–H groups in total. The normalized spacial score (nSPS) is 11.3. The first-order valence-corrected chi connectivity index (χ1v) is 9.38. The number of sulfonamides is 1. The number of carbonyl (C=O) groups excluding carboxylic acids is 1. The number of hydrogen-bond donors (Lipinski definition) is 2. The molecule has 0 saturated heterocycles. The van der Waals surface area contributed by atoms with E-state index < -0.39 is 45.6 Å². The van der Waals surface area contributed by atoms with Crippen LogP contribution >= 0.6 is 0 Å². The van der Waals surface area contributed by atoms with Gasteiger partial charge in [0.25, 0.3) is 0 Å². The van der Waals surface area contributed by atoms with E-state index in [-0.39, 0.29) is 5.75 Å². The van der Waals surface area contributed by atoms with Crippen LogP contribution in [-0.4, -0.2) is 26.6 Å². The minimum absolute atomic E-state index is 0.186. The quantitative estimate of drug-likeness (QED) is 0.685. The summed E-state index contributed by atoms with van der Waals surface area (Å²) >= 11 is 0. The van der Waals surface area contributed by atoms with Crippen molar-refractivity contribution in [2.24, 2.45) is 0 Å². The molecule has 26 heavy (non-hydrogen) atoms. The Balaban J connectivity index is 1.81. The standard InChI is InChI=1S/C17H17F3N2O3S/c18-13-8-9-14(17(20)16(13)19)22-15(23)11-21-26(24,25)10-4-7-12-5-2-1-3-6-12/h1-3,5-6,8-9,21H,4,7,10-11H2,(H,22,23). The van der Waals surface area contributed by atoms with Gasteiger partial charge < -0.3 is 5.32 Å². The number of aryl methyl sites for hydroxylation is 1. The maximum Gasteiger partial charge on any atom is 0.239 e. The third kappa shape index (κ3) is 5.85. The highest BCUT2D eigenvalue weighted by molar-refractivity contribution is 7.89. The van der Waals surface area contributed by atoms with Gasteiger partial charge in [-0.25, -0.2) is 26.3 Å². The molecule has 0 unspecified atom stereocenters. The van der Waals surface area contributed by atoms with E-state index in [1.165, 1.54) is 0 Å². The third-order valence-corrected chi connectivity index (χ3v) is 4.89. The summed E-state index contributed by atoms with van der Waals surface area (Å²) in [6.07, 6.45) is 0.923. The first-order valence-electron chi connectivity index (χ1n) is 7.73. The lowest BCUT2D eigenvalue weighted by Crippen LogP contribution is -2.34. The summed E-state index contributed by atoms with van der Waals surface area (Å²) in [7, 11) is -3.70. The van der Waals surface area contributed by atoms with E-state index in [0.29, 0.717) is 18.9 Å². The fourth-order valence-electron chi connectivity index (χ4n) is 2.18. The average Bonchev–Trinajstić information content (AvgIpc) is 2.61. The Morgan fingerprint density at radius 1 is 0.962 bits per heavy atom. The Labute approximate surface area is 149 Å². The predicted octanol–water partition coefficient (Wildman–Crippen LogP) is 2.59. The number of carbonyl (C=O) groups is 1. The molecule has 0 bridgehead atoms. The van der Waals surface area contributed by atoms with Crippen molar-refractivity contribution < 1.29 is 26.4 Å². The molecule has 9 heteroatoms. The van der Waals surface area contributed by atoms with E-state index in [4.69, 9.17) is 0 Å². The van der Waals surface area contributed by atoms with Gasteiger partial charge >= 0.3 is 0 Å². The topological polar surface area (TPSA) is 75.3 Å². The largest absolute Gasteiger partial charge is 0.322 e. The van der Waals surface area contributed by atoms with E-state index in [2.05, 4.69) is 4.72 Å². The van der Waals surface area contributed by atoms with Gasteiger partial charge in [-0.15, -0.1) is 0 Å². The number of nitrogens with one attached hydrogen (secondary N) is 2. The molecule has 0 saturated carbocycles. The smallest absolute Gasteiger partial charge is 0.239 e. The molecule has 0 fully saturated rings. The van der Waals surface area contributed by atoms with Crippen LogP contribution in [0.3, 0.4) is 0 Å². The minimum atomic E-state index is -3.70. The van der Waals surface area contributed by atoms with E-state index in [0.717, 1.165) is 11.6 Å². The number of rotatable bonds is 8. The highest BCUT2D eigenvalue weighted by Crippen LogP contribution is 2.19. The van der Waals surface area contributed by atoms with Crippen molar-refractivity contribution in [2.45, 2.75) is 12.8 Å². The molecule has 0 atom stereocenters. The van der Waals surface area contributed by atoms with Crippen molar-refractivity contribution >= 4 is 21.6 Å². The number of halogens is 3. The summed E-state index contributed by atoms with van der Waals surface area (Å²) in [6, 6.07) is 10.8. The van der Waals surface area contributed by atoms with Gasteiger partial charge in [0.15, 0.2) is 17.5 Å². The molecule has 0 aromatic heterocycles. The Bertz CT molecular complexity index is 874. The summed E-state index contributed by atoms with van der Waals surface area (Å²) in [6.45, 7) is -0.647. The van der Waals surface area contributed by atoms with Gasteiger partial charge in [0, 0.05) is 0 Å². The van der Waals surface area contributed by atoms with Crippen LogP contribution in [0.4, 0.5) is 18.9 Å². The summed E-state index contributed by atoms with van der Waals surface area (Å²) in [5.74, 6) is -5.75. The Morgan fingerprint density at radius 3 is 2.35 bits per heavy atom. The van der Waals surface area contributed by atoms with Gasteiger partial charge in [0.1, 0.15) is 0 Å². The fourth-order valence-corrected chi connectivity index (χ4v) is 3.20. The molecule has 5 nitrogen and oxygen atoms in total. The van der Waals surface area contributed by atoms with Crippen molar-refractivity contribution in [3.63, 3.8) is 0 Å². The van der Waals surface area contributed by atoms with Crippen molar-refractivity contribution in [1.29, 1.82) is 0 Å². The first-order chi connectivity index (χ1) is 12.3. The monoisotopic (exact) mass is 386 g/mol. The van der Waals surface area contributed by atoms with Crippen molar-refractivity contribution in [2.75, 3.05) is 17.6 Å². The molecule has 0 heterocycles. The van der Waals surface area contributed by atoms with E-state index in [9.17, 15) is 26.4 Å². The van der Waals surface area contributed by atoms with Crippen LogP contribution < -0.4 is 10.0 Å². The van der Waals surface area contributed by atoms with Gasteiger partial charge in [-0.05, 0) is 30.5 Å². The zero-order chi connectivity index (χ0) is 19.2. The van der Waals surface area contributed by atoms with Gasteiger partial charge in [-0.3, -0.25) is 4.79 Å². The van der Waals surface area contributed by atoms with Crippen LogP contribution in [-0.2, 0) is 21.2 Å². The molecule has 140 valence electrons. The lowest BCUT2D eigenvalue weighted by molar-refractivity contribution is -0.115. The van der Waals surface area contributed by atoms with Gasteiger partial charge in [-0.1, -0.05) is 30.3 Å². The molecular formula is C17H17F3N2O3S. The van der Waals surface area contributed by atoms with Crippen LogP contribution in [0.1, 0.15) is 12.0 Å². The number of benzene rings is 2. The molecule has 0 aliphatic rings. The highest BCUT2D eigenvalue weighted by atomic mass is 32.2. The lowest BCUT2D eigenvalue weighted by atomic mass is 10.1. The van der Waals surface area contributed by atoms with Crippen LogP contribution in [0.2, 0.25) is 0 Å². The van der Waals surface area contributed by atoms with E-state index in [1.54, 1.807) is 0 Å². The van der Waals surface area contributed by atoms with Gasteiger partial charge in [0.05, 0.1) is 18.0 Å². The molecule has 0 aliphatic carbocycles. The maximum atomic E-state index is 13.5. The van der Waals surface area contributed by atoms with Crippen molar-refractivity contribution in [3.05, 3.63) is 65.5 Å². The maximum absolute atomic E-state index is 13.5. The summed E-state index contributed by atoms with van der Waals surface area (Å²) in [4.78, 5) is 11.7. The van der Waals surface area contributed by atoms with Crippen LogP contribution in [0.5, 0.6) is 0 Å². The molecule has 0 spiro atoms. The second kappa shape index (κ2) is 8.81. The Morgan fingerprint density at radius 2 is 1.65 bits per heavy atom. The molecule has 2 aromatic rings. The minimum Gasteiger partial charge on any atom is -0.322 e. The average molecular weight is 386 g/mol. The highest BCUT2D eigenvalue weighted by Gasteiger charge is 2.17. The second-order valence-electron chi connectivity index (χ2n) is 5.50. The van der Waals surface area contributed by atoms with E-state index >= 15 is 0 Å². The Hall–Kier alpha value is -2.39. The zero-order valence-corrected chi connectivity index (χ0v) is 14.5. The SMILES string of the molecule is O=C(CNS(=O)(=O)CCCc1ccccc1)Nc1ccc(F)c(F)c1F. The molecule has 1 amide bonds. The second-order valence-corrected chi connectivity index (χ2v) is 7.43. The molecule has 0 aliphatic heterocycles. The van der Waals surface area contributed by atoms with Crippen LogP contribution in [0.15, 0.2) is 42.5 Å². The number of anilines is 1. The van der Waals surface area contributed by atoms with Gasteiger partial charge in [0.2, 0.25) is 15.9 Å². The van der Waals surface area contributed by atoms with Crippen LogP contribution in [0, 0.1) is 17.5 Å². The first kappa shape index (κ1) is 19.9. The molecule has 0 radical (unpaired) electrons.